The lowest BCUT2D eigenvalue weighted by Crippen LogP contribution is -2.44. The van der Waals surface area contributed by atoms with Crippen LogP contribution in [-0.4, -0.2) is 21.6 Å². The first-order chi connectivity index (χ1) is 13.8. The Morgan fingerprint density at radius 1 is 0.931 bits per heavy atom. The summed E-state index contributed by atoms with van der Waals surface area (Å²) in [6, 6.07) is 12.4. The van der Waals surface area contributed by atoms with Crippen LogP contribution in [0, 0.1) is 6.92 Å². The average molecular weight is 452 g/mol. The van der Waals surface area contributed by atoms with Gasteiger partial charge in [-0.05, 0) is 37.3 Å². The molecular weight excluding hydrogens is 439 g/mol. The van der Waals surface area contributed by atoms with Crippen LogP contribution >= 0.6 is 34.8 Å². The third-order valence-electron chi connectivity index (χ3n) is 3.87. The lowest BCUT2D eigenvalue weighted by molar-refractivity contribution is 0.0842. The summed E-state index contributed by atoms with van der Waals surface area (Å²) in [6.07, 6.45) is 0. The van der Waals surface area contributed by atoms with Gasteiger partial charge in [0.2, 0.25) is 5.43 Å². The highest BCUT2D eigenvalue weighted by atomic mass is 35.5. The van der Waals surface area contributed by atoms with Gasteiger partial charge in [-0.25, -0.2) is 4.68 Å². The molecule has 0 unspecified atom stereocenters. The lowest BCUT2D eigenvalue weighted by Gasteiger charge is -2.13. The largest absolute Gasteiger partial charge is 0.294 e. The molecule has 148 valence electrons. The summed E-state index contributed by atoms with van der Waals surface area (Å²) in [4.78, 5) is 36.9. The highest BCUT2D eigenvalue weighted by Gasteiger charge is 2.18. The minimum Gasteiger partial charge on any atom is -0.287 e. The van der Waals surface area contributed by atoms with Gasteiger partial charge in [0.05, 0.1) is 21.3 Å². The Kier molecular flexibility index (Phi) is 6.22. The molecule has 0 radical (unpaired) electrons. The summed E-state index contributed by atoms with van der Waals surface area (Å²) < 4.78 is 1.37. The number of carbonyl (C=O) groups excluding carboxylic acids is 2. The van der Waals surface area contributed by atoms with Crippen molar-refractivity contribution < 1.29 is 9.59 Å². The Morgan fingerprint density at radius 2 is 1.62 bits per heavy atom. The zero-order chi connectivity index (χ0) is 21.1. The minimum absolute atomic E-state index is 0.0600. The van der Waals surface area contributed by atoms with E-state index >= 15 is 0 Å². The van der Waals surface area contributed by atoms with Gasteiger partial charge in [0.15, 0.2) is 5.69 Å². The number of halogens is 3. The number of hydrogen-bond donors (Lipinski definition) is 2. The quantitative estimate of drug-likeness (QED) is 0.595. The van der Waals surface area contributed by atoms with Crippen LogP contribution in [0.2, 0.25) is 15.1 Å². The van der Waals surface area contributed by atoms with E-state index in [-0.39, 0.29) is 10.6 Å². The van der Waals surface area contributed by atoms with Crippen molar-refractivity contribution in [1.82, 2.24) is 20.6 Å². The SMILES string of the molecule is Cc1cc(=O)c(C(=O)NNC(=O)c2cc(Cl)ccc2Cl)nn1-c1ccccc1Cl. The van der Waals surface area contributed by atoms with Gasteiger partial charge in [-0.15, -0.1) is 0 Å². The molecule has 0 aliphatic heterocycles. The summed E-state index contributed by atoms with van der Waals surface area (Å²) in [7, 11) is 0. The van der Waals surface area contributed by atoms with Gasteiger partial charge in [0, 0.05) is 16.8 Å². The summed E-state index contributed by atoms with van der Waals surface area (Å²) in [5, 5.41) is 4.93. The van der Waals surface area contributed by atoms with Gasteiger partial charge in [-0.3, -0.25) is 25.2 Å². The molecule has 3 rings (SSSR count). The topological polar surface area (TPSA) is 93.1 Å². The molecular formula is C19H13Cl3N4O3. The molecule has 0 aliphatic rings. The van der Waals surface area contributed by atoms with Crippen molar-refractivity contribution in [2.45, 2.75) is 6.92 Å². The summed E-state index contributed by atoms with van der Waals surface area (Å²) in [5.41, 5.74) is 4.33. The number of carbonyl (C=O) groups is 2. The fourth-order valence-electron chi connectivity index (χ4n) is 2.48. The summed E-state index contributed by atoms with van der Waals surface area (Å²) >= 11 is 18.0. The number of rotatable bonds is 3. The number of nitrogens with one attached hydrogen (secondary N) is 2. The fourth-order valence-corrected chi connectivity index (χ4v) is 3.07. The zero-order valence-corrected chi connectivity index (χ0v) is 17.1. The van der Waals surface area contributed by atoms with Crippen molar-refractivity contribution in [3.63, 3.8) is 0 Å². The molecule has 29 heavy (non-hydrogen) atoms. The van der Waals surface area contributed by atoms with Gasteiger partial charge in [-0.2, -0.15) is 5.10 Å². The highest BCUT2D eigenvalue weighted by molar-refractivity contribution is 6.35. The van der Waals surface area contributed by atoms with Crippen LogP contribution in [0.15, 0.2) is 53.3 Å². The number of amides is 2. The molecule has 7 nitrogen and oxygen atoms in total. The standard InChI is InChI=1S/C19H13Cl3N4O3/c1-10-8-16(27)17(25-26(10)15-5-3-2-4-14(15)22)19(29)24-23-18(28)12-9-11(20)6-7-13(12)21/h2-9H,1H3,(H,23,28)(H,24,29). The molecule has 1 aromatic heterocycles. The molecule has 0 spiro atoms. The molecule has 0 fully saturated rings. The summed E-state index contributed by atoms with van der Waals surface area (Å²) in [6.45, 7) is 1.66. The second-order valence-electron chi connectivity index (χ2n) is 5.89. The first-order valence-corrected chi connectivity index (χ1v) is 9.33. The number of benzene rings is 2. The van der Waals surface area contributed by atoms with E-state index in [1.165, 1.54) is 28.9 Å². The monoisotopic (exact) mass is 450 g/mol. The predicted octanol–water partition coefficient (Wildman–Crippen LogP) is 3.58. The molecule has 0 aliphatic carbocycles. The maximum absolute atomic E-state index is 12.4. The first-order valence-electron chi connectivity index (χ1n) is 8.19. The van der Waals surface area contributed by atoms with E-state index in [1.54, 1.807) is 31.2 Å². The Labute approximate surface area is 180 Å². The van der Waals surface area contributed by atoms with Crippen molar-refractivity contribution >= 4 is 46.6 Å². The molecule has 0 bridgehead atoms. The molecule has 0 saturated heterocycles. The Balaban J connectivity index is 1.85. The average Bonchev–Trinajstić information content (AvgIpc) is 2.68. The predicted molar refractivity (Wildman–Crippen MR) is 111 cm³/mol. The second kappa shape index (κ2) is 8.65. The van der Waals surface area contributed by atoms with Gasteiger partial charge in [0.1, 0.15) is 0 Å². The van der Waals surface area contributed by atoms with Crippen LogP contribution in [0.1, 0.15) is 26.5 Å². The van der Waals surface area contributed by atoms with Crippen LogP contribution < -0.4 is 16.3 Å². The van der Waals surface area contributed by atoms with Gasteiger partial charge in [0.25, 0.3) is 11.8 Å². The van der Waals surface area contributed by atoms with E-state index < -0.39 is 22.9 Å². The number of para-hydroxylation sites is 1. The van der Waals surface area contributed by atoms with E-state index in [2.05, 4.69) is 16.0 Å². The number of hydrogen-bond acceptors (Lipinski definition) is 4. The number of aryl methyl sites for hydroxylation is 1. The van der Waals surface area contributed by atoms with Gasteiger partial charge in [-0.1, -0.05) is 46.9 Å². The molecule has 10 heteroatoms. The maximum atomic E-state index is 12.4. The van der Waals surface area contributed by atoms with Crippen molar-refractivity contribution in [3.05, 3.63) is 90.8 Å². The van der Waals surface area contributed by atoms with Crippen LogP contribution in [-0.2, 0) is 0 Å². The van der Waals surface area contributed by atoms with Crippen LogP contribution in [0.4, 0.5) is 0 Å². The van der Waals surface area contributed by atoms with E-state index in [9.17, 15) is 14.4 Å². The van der Waals surface area contributed by atoms with E-state index in [0.717, 1.165) is 0 Å². The van der Waals surface area contributed by atoms with Crippen molar-refractivity contribution in [3.8, 4) is 5.69 Å². The number of hydrazine groups is 1. The fraction of sp³-hybridized carbons (Fsp3) is 0.0526. The molecule has 2 amide bonds. The molecule has 2 aromatic carbocycles. The van der Waals surface area contributed by atoms with Crippen molar-refractivity contribution in [2.75, 3.05) is 0 Å². The lowest BCUT2D eigenvalue weighted by atomic mass is 10.2. The number of nitrogens with zero attached hydrogens (tertiary/aromatic N) is 2. The molecule has 0 saturated carbocycles. The van der Waals surface area contributed by atoms with E-state index in [1.807, 2.05) is 0 Å². The Hall–Kier alpha value is -2.87. The van der Waals surface area contributed by atoms with Crippen LogP contribution in [0.25, 0.3) is 5.69 Å². The smallest absolute Gasteiger partial charge is 0.287 e. The minimum atomic E-state index is -0.901. The Bertz CT molecular complexity index is 1180. The van der Waals surface area contributed by atoms with E-state index in [0.29, 0.717) is 21.4 Å². The van der Waals surface area contributed by atoms with E-state index in [4.69, 9.17) is 34.8 Å². The van der Waals surface area contributed by atoms with Crippen molar-refractivity contribution in [2.24, 2.45) is 0 Å². The summed E-state index contributed by atoms with van der Waals surface area (Å²) in [5.74, 6) is -1.60. The maximum Gasteiger partial charge on any atom is 0.294 e. The third-order valence-corrected chi connectivity index (χ3v) is 4.75. The van der Waals surface area contributed by atoms with Crippen LogP contribution in [0.3, 0.4) is 0 Å². The van der Waals surface area contributed by atoms with Gasteiger partial charge >= 0.3 is 0 Å². The first kappa shape index (κ1) is 20.9. The van der Waals surface area contributed by atoms with Crippen LogP contribution in [0.5, 0.6) is 0 Å². The molecule has 3 aromatic rings. The number of aromatic nitrogens is 2. The van der Waals surface area contributed by atoms with Crippen molar-refractivity contribution in [1.29, 1.82) is 0 Å². The molecule has 1 heterocycles. The highest BCUT2D eigenvalue weighted by Crippen LogP contribution is 2.21. The third kappa shape index (κ3) is 4.59. The van der Waals surface area contributed by atoms with Gasteiger partial charge < -0.3 is 0 Å². The molecule has 2 N–H and O–H groups in total. The molecule has 0 atom stereocenters. The zero-order valence-electron chi connectivity index (χ0n) is 14.9. The second-order valence-corrected chi connectivity index (χ2v) is 7.15. The Morgan fingerprint density at radius 3 is 2.34 bits per heavy atom. The normalized spacial score (nSPS) is 10.5.